The Bertz CT molecular complexity index is 1040. The summed E-state index contributed by atoms with van der Waals surface area (Å²) in [6, 6.07) is 3.33. The maximum atomic E-state index is 14.1. The van der Waals surface area contributed by atoms with E-state index in [1.807, 2.05) is 0 Å². The van der Waals surface area contributed by atoms with Gasteiger partial charge in [0.1, 0.15) is 17.7 Å². The van der Waals surface area contributed by atoms with Crippen molar-refractivity contribution in [3.63, 3.8) is 0 Å². The topological polar surface area (TPSA) is 74.8 Å². The van der Waals surface area contributed by atoms with Crippen LogP contribution in [0.4, 0.5) is 25.0 Å². The number of nitrogens with zero attached hydrogens (tertiary/aromatic N) is 5. The first-order chi connectivity index (χ1) is 13.9. The molecule has 0 saturated carbocycles. The van der Waals surface area contributed by atoms with E-state index in [1.165, 1.54) is 26.6 Å². The lowest BCUT2D eigenvalue weighted by molar-refractivity contribution is 0.0767. The van der Waals surface area contributed by atoms with Crippen molar-refractivity contribution in [1.29, 1.82) is 0 Å². The molecule has 1 N–H and O–H groups in total. The van der Waals surface area contributed by atoms with Crippen LogP contribution in [-0.2, 0) is 19.5 Å². The van der Waals surface area contributed by atoms with Crippen molar-refractivity contribution in [1.82, 2.24) is 19.6 Å². The summed E-state index contributed by atoms with van der Waals surface area (Å²) in [7, 11) is 1.54. The van der Waals surface area contributed by atoms with Gasteiger partial charge >= 0.3 is 6.03 Å². The number of anilines is 1. The van der Waals surface area contributed by atoms with E-state index in [4.69, 9.17) is 6.57 Å². The predicted molar refractivity (Wildman–Crippen MR) is 99.9 cm³/mol. The van der Waals surface area contributed by atoms with Crippen molar-refractivity contribution in [2.75, 3.05) is 25.5 Å². The van der Waals surface area contributed by atoms with Gasteiger partial charge in [-0.3, -0.25) is 9.48 Å². The lowest BCUT2D eigenvalue weighted by Crippen LogP contribution is -2.39. The Morgan fingerprint density at radius 2 is 2.17 bits per heavy atom. The molecule has 1 aromatic heterocycles. The molecule has 1 aromatic carbocycles. The van der Waals surface area contributed by atoms with E-state index in [9.17, 15) is 18.4 Å². The molecule has 3 amide bonds. The van der Waals surface area contributed by atoms with Crippen molar-refractivity contribution in [2.45, 2.75) is 25.7 Å². The first-order valence-electron chi connectivity index (χ1n) is 9.08. The van der Waals surface area contributed by atoms with Crippen molar-refractivity contribution in [2.24, 2.45) is 0 Å². The van der Waals surface area contributed by atoms with Crippen molar-refractivity contribution in [3.8, 4) is 0 Å². The molecule has 0 aliphatic carbocycles. The van der Waals surface area contributed by atoms with Crippen LogP contribution in [0.1, 0.15) is 21.7 Å². The van der Waals surface area contributed by atoms with Crippen molar-refractivity contribution < 1.29 is 18.4 Å². The lowest BCUT2D eigenvalue weighted by Gasteiger charge is -2.27. The van der Waals surface area contributed by atoms with Gasteiger partial charge < -0.3 is 15.1 Å². The standard InChI is InChI=1S/C19H18F2N6O2/c1-22-16-7-12(3-4-14(16)21)23-19(29)26-6-5-15-13(10-26)17-18(28)25(2)8-11(20)9-27(17)24-15/h3-4,7,11H,5-6,8-10H2,2H3,(H,23,29)/t11-/m1/s1. The molecule has 2 aromatic rings. The highest BCUT2D eigenvalue weighted by Gasteiger charge is 2.34. The number of carbonyl (C=O) groups excluding carboxylic acids is 2. The number of alkyl halides is 1. The van der Waals surface area contributed by atoms with Gasteiger partial charge in [-0.05, 0) is 18.2 Å². The van der Waals surface area contributed by atoms with Gasteiger partial charge in [-0.2, -0.15) is 5.10 Å². The predicted octanol–water partition coefficient (Wildman–Crippen LogP) is 2.59. The molecule has 0 bridgehead atoms. The third kappa shape index (κ3) is 3.40. The van der Waals surface area contributed by atoms with Gasteiger partial charge in [0.25, 0.3) is 5.91 Å². The summed E-state index contributed by atoms with van der Waals surface area (Å²) < 4.78 is 29.0. The Morgan fingerprint density at radius 1 is 1.38 bits per heavy atom. The van der Waals surface area contributed by atoms with Crippen LogP contribution in [0.3, 0.4) is 0 Å². The number of benzene rings is 1. The van der Waals surface area contributed by atoms with Crippen LogP contribution in [0.5, 0.6) is 0 Å². The Hall–Kier alpha value is -3.48. The Morgan fingerprint density at radius 3 is 2.93 bits per heavy atom. The highest BCUT2D eigenvalue weighted by molar-refractivity contribution is 5.95. The number of carbonyl (C=O) groups is 2. The molecule has 0 spiro atoms. The number of fused-ring (bicyclic) bond motifs is 3. The summed E-state index contributed by atoms with van der Waals surface area (Å²) >= 11 is 0. The first kappa shape index (κ1) is 18.9. The molecule has 29 heavy (non-hydrogen) atoms. The minimum absolute atomic E-state index is 0.000406. The van der Waals surface area contributed by atoms with Gasteiger partial charge in [-0.15, -0.1) is 0 Å². The Kier molecular flexibility index (Phi) is 4.66. The van der Waals surface area contributed by atoms with Gasteiger partial charge in [-0.1, -0.05) is 0 Å². The quantitative estimate of drug-likeness (QED) is 0.748. The molecule has 8 nitrogen and oxygen atoms in total. The summed E-state index contributed by atoms with van der Waals surface area (Å²) in [5.41, 5.74) is 1.76. The second-order valence-electron chi connectivity index (χ2n) is 7.12. The summed E-state index contributed by atoms with van der Waals surface area (Å²) in [6.07, 6.45) is -0.769. The van der Waals surface area contributed by atoms with E-state index < -0.39 is 18.0 Å². The van der Waals surface area contributed by atoms with E-state index >= 15 is 0 Å². The Labute approximate surface area is 165 Å². The zero-order chi connectivity index (χ0) is 20.7. The van der Waals surface area contributed by atoms with Crippen LogP contribution < -0.4 is 5.32 Å². The van der Waals surface area contributed by atoms with Crippen molar-refractivity contribution in [3.05, 3.63) is 52.4 Å². The van der Waals surface area contributed by atoms with Crippen LogP contribution in [0, 0.1) is 12.4 Å². The van der Waals surface area contributed by atoms with Gasteiger partial charge in [0.05, 0.1) is 31.9 Å². The third-order valence-corrected chi connectivity index (χ3v) is 5.10. The number of hydrogen-bond donors (Lipinski definition) is 1. The maximum Gasteiger partial charge on any atom is 0.322 e. The smallest absolute Gasteiger partial charge is 0.322 e. The van der Waals surface area contributed by atoms with E-state index in [0.717, 1.165) is 6.07 Å². The number of hydrogen-bond acceptors (Lipinski definition) is 3. The summed E-state index contributed by atoms with van der Waals surface area (Å²) in [4.78, 5) is 31.3. The van der Waals surface area contributed by atoms with Crippen LogP contribution in [0.25, 0.3) is 4.85 Å². The molecule has 0 unspecified atom stereocenters. The van der Waals surface area contributed by atoms with E-state index in [2.05, 4.69) is 15.3 Å². The SMILES string of the molecule is [C-]#[N+]c1cc(NC(=O)N2CCc3nn4c(c3C2)C(=O)N(C)C[C@@H](F)C4)ccc1F. The highest BCUT2D eigenvalue weighted by Crippen LogP contribution is 2.27. The minimum Gasteiger partial charge on any atom is -0.337 e. The number of aromatic nitrogens is 2. The Balaban J connectivity index is 1.57. The number of nitrogens with one attached hydrogen (secondary N) is 1. The van der Waals surface area contributed by atoms with Gasteiger partial charge in [0.2, 0.25) is 5.69 Å². The van der Waals surface area contributed by atoms with Gasteiger partial charge in [0, 0.05) is 31.3 Å². The normalized spacial score (nSPS) is 18.6. The third-order valence-electron chi connectivity index (χ3n) is 5.10. The van der Waals surface area contributed by atoms with Crippen LogP contribution in [-0.4, -0.2) is 57.8 Å². The van der Waals surface area contributed by atoms with E-state index in [-0.39, 0.29) is 31.2 Å². The van der Waals surface area contributed by atoms with Crippen LogP contribution >= 0.6 is 0 Å². The van der Waals surface area contributed by atoms with Crippen LogP contribution in [0.2, 0.25) is 0 Å². The molecule has 0 radical (unpaired) electrons. The van der Waals surface area contributed by atoms with Gasteiger partial charge in [0.15, 0.2) is 0 Å². The average molecular weight is 400 g/mol. The van der Waals surface area contributed by atoms with Gasteiger partial charge in [-0.25, -0.2) is 18.4 Å². The largest absolute Gasteiger partial charge is 0.337 e. The monoisotopic (exact) mass is 400 g/mol. The molecule has 0 saturated heterocycles. The second kappa shape index (κ2) is 7.16. The fraction of sp³-hybridized carbons (Fsp3) is 0.368. The lowest BCUT2D eigenvalue weighted by atomic mass is 10.0. The van der Waals surface area contributed by atoms with E-state index in [0.29, 0.717) is 35.6 Å². The zero-order valence-electron chi connectivity index (χ0n) is 15.7. The molecule has 150 valence electrons. The number of halogens is 2. The molecular weight excluding hydrogens is 382 g/mol. The second-order valence-corrected chi connectivity index (χ2v) is 7.12. The summed E-state index contributed by atoms with van der Waals surface area (Å²) in [6.45, 7) is 7.49. The number of amides is 3. The highest BCUT2D eigenvalue weighted by atomic mass is 19.1. The molecule has 0 fully saturated rings. The maximum absolute atomic E-state index is 14.1. The first-order valence-corrected chi connectivity index (χ1v) is 9.08. The van der Waals surface area contributed by atoms with E-state index in [1.54, 1.807) is 7.05 Å². The zero-order valence-corrected chi connectivity index (χ0v) is 15.7. The molecule has 2 aliphatic rings. The van der Waals surface area contributed by atoms with Crippen molar-refractivity contribution >= 4 is 23.3 Å². The fourth-order valence-electron chi connectivity index (χ4n) is 3.66. The molecule has 10 heteroatoms. The molecule has 1 atom stereocenters. The minimum atomic E-state index is -1.21. The summed E-state index contributed by atoms with van der Waals surface area (Å²) in [5.74, 6) is -0.974. The molecule has 2 aliphatic heterocycles. The number of urea groups is 1. The molecule has 4 rings (SSSR count). The fourth-order valence-corrected chi connectivity index (χ4v) is 3.66. The molecular formula is C19H18F2N6O2. The number of rotatable bonds is 1. The van der Waals surface area contributed by atoms with Crippen LogP contribution in [0.15, 0.2) is 18.2 Å². The summed E-state index contributed by atoms with van der Waals surface area (Å²) in [5, 5.41) is 7.04. The molecule has 3 heterocycles. The average Bonchev–Trinajstić information content (AvgIpc) is 3.00.